The molecule has 0 fully saturated rings. The molecule has 6 nitrogen and oxygen atoms in total. The molecule has 0 saturated heterocycles. The first-order valence-corrected chi connectivity index (χ1v) is 5.22. The number of hydrogen-bond donors (Lipinski definition) is 5. The number of carbonyl (C=O) groups excluding carboxylic acids is 1. The van der Waals surface area contributed by atoms with Crippen LogP contribution in [0.25, 0.3) is 0 Å². The second kappa shape index (κ2) is 4.41. The molecule has 2 aromatic carbocycles. The average Bonchev–Trinajstić information content (AvgIpc) is 2.26. The fourth-order valence-electron chi connectivity index (χ4n) is 1.72. The molecule has 0 heterocycles. The molecule has 0 amide bonds. The Kier molecular flexibility index (Phi) is 2.92. The van der Waals surface area contributed by atoms with Gasteiger partial charge in [-0.1, -0.05) is 6.07 Å². The molecule has 0 aliphatic carbocycles. The highest BCUT2D eigenvalue weighted by Crippen LogP contribution is 2.37. The highest BCUT2D eigenvalue weighted by atomic mass is 16.3. The zero-order valence-electron chi connectivity index (χ0n) is 9.53. The topological polar surface area (TPSA) is 118 Å². The van der Waals surface area contributed by atoms with Gasteiger partial charge in [-0.3, -0.25) is 4.79 Å². The van der Waals surface area contributed by atoms with E-state index in [1.54, 1.807) is 0 Å². The number of phenolic OH excluding ortho intramolecular Hbond substituents is 5. The standard InChI is InChI=1S/C13H10O6/c14-6-4-9(17)12(10(18)5-6)13(19)11-7(15)2-1-3-8(11)16/h1-5,14-18H. The van der Waals surface area contributed by atoms with Crippen LogP contribution in [0.4, 0.5) is 0 Å². The molecule has 0 aliphatic rings. The second-order valence-corrected chi connectivity index (χ2v) is 3.86. The Balaban J connectivity index is 2.64. The Hall–Kier alpha value is -2.89. The Bertz CT molecular complexity index is 619. The van der Waals surface area contributed by atoms with Gasteiger partial charge in [0.2, 0.25) is 5.78 Å². The predicted molar refractivity (Wildman–Crippen MR) is 64.6 cm³/mol. The Labute approximate surface area is 107 Å². The van der Waals surface area contributed by atoms with E-state index in [0.717, 1.165) is 12.1 Å². The average molecular weight is 262 g/mol. The second-order valence-electron chi connectivity index (χ2n) is 3.86. The molecule has 0 radical (unpaired) electrons. The van der Waals surface area contributed by atoms with Crippen LogP contribution in [0.1, 0.15) is 15.9 Å². The van der Waals surface area contributed by atoms with E-state index in [4.69, 9.17) is 5.11 Å². The Morgan fingerprint density at radius 2 is 1.16 bits per heavy atom. The lowest BCUT2D eigenvalue weighted by atomic mass is 9.99. The van der Waals surface area contributed by atoms with Crippen molar-refractivity contribution in [2.75, 3.05) is 0 Å². The maximum atomic E-state index is 12.1. The summed E-state index contributed by atoms with van der Waals surface area (Å²) < 4.78 is 0. The molecule has 6 heteroatoms. The number of hydrogen-bond acceptors (Lipinski definition) is 6. The molecular weight excluding hydrogens is 252 g/mol. The number of benzene rings is 2. The summed E-state index contributed by atoms with van der Waals surface area (Å²) in [6.07, 6.45) is 0. The number of phenols is 5. The lowest BCUT2D eigenvalue weighted by Gasteiger charge is -2.09. The summed E-state index contributed by atoms with van der Waals surface area (Å²) >= 11 is 0. The molecule has 2 rings (SSSR count). The van der Waals surface area contributed by atoms with Crippen LogP contribution >= 0.6 is 0 Å². The Morgan fingerprint density at radius 1 is 0.737 bits per heavy atom. The molecular formula is C13H10O6. The molecule has 0 saturated carbocycles. The van der Waals surface area contributed by atoms with E-state index in [-0.39, 0.29) is 0 Å². The van der Waals surface area contributed by atoms with Gasteiger partial charge in [0, 0.05) is 12.1 Å². The van der Waals surface area contributed by atoms with Crippen molar-refractivity contribution in [2.45, 2.75) is 0 Å². The van der Waals surface area contributed by atoms with E-state index in [9.17, 15) is 25.2 Å². The predicted octanol–water partition coefficient (Wildman–Crippen LogP) is 1.45. The van der Waals surface area contributed by atoms with Gasteiger partial charge in [-0.05, 0) is 12.1 Å². The van der Waals surface area contributed by atoms with Crippen LogP contribution < -0.4 is 0 Å². The number of ketones is 1. The minimum absolute atomic E-state index is 0.423. The van der Waals surface area contributed by atoms with Crippen LogP contribution in [-0.2, 0) is 0 Å². The van der Waals surface area contributed by atoms with Crippen molar-refractivity contribution in [1.82, 2.24) is 0 Å². The molecule has 0 unspecified atom stereocenters. The zero-order valence-corrected chi connectivity index (χ0v) is 9.53. The van der Waals surface area contributed by atoms with Crippen LogP contribution in [0.2, 0.25) is 0 Å². The largest absolute Gasteiger partial charge is 0.508 e. The monoisotopic (exact) mass is 262 g/mol. The van der Waals surface area contributed by atoms with Crippen molar-refractivity contribution in [2.24, 2.45) is 0 Å². The van der Waals surface area contributed by atoms with Gasteiger partial charge < -0.3 is 25.5 Å². The molecule has 0 atom stereocenters. The van der Waals surface area contributed by atoms with E-state index in [1.807, 2.05) is 0 Å². The van der Waals surface area contributed by atoms with Crippen LogP contribution in [-0.4, -0.2) is 31.3 Å². The summed E-state index contributed by atoms with van der Waals surface area (Å²) in [5.74, 6) is -3.69. The fraction of sp³-hybridized carbons (Fsp3) is 0. The quantitative estimate of drug-likeness (QED) is 0.523. The third-order valence-electron chi connectivity index (χ3n) is 2.56. The molecule has 2 aromatic rings. The summed E-state index contributed by atoms with van der Waals surface area (Å²) in [4.78, 5) is 12.1. The first-order valence-electron chi connectivity index (χ1n) is 5.22. The molecule has 0 aromatic heterocycles. The SMILES string of the molecule is O=C(c1c(O)cccc1O)c1c(O)cc(O)cc1O. The van der Waals surface area contributed by atoms with Crippen molar-refractivity contribution in [1.29, 1.82) is 0 Å². The minimum atomic E-state index is -0.967. The summed E-state index contributed by atoms with van der Waals surface area (Å²) in [5, 5.41) is 47.4. The summed E-state index contributed by atoms with van der Waals surface area (Å²) in [6, 6.07) is 5.43. The first kappa shape index (κ1) is 12.6. The van der Waals surface area contributed by atoms with Crippen LogP contribution in [0, 0.1) is 0 Å². The van der Waals surface area contributed by atoms with Gasteiger partial charge in [0.05, 0.1) is 0 Å². The molecule has 5 N–H and O–H groups in total. The molecule has 19 heavy (non-hydrogen) atoms. The smallest absolute Gasteiger partial charge is 0.207 e. The number of carbonyl (C=O) groups is 1. The highest BCUT2D eigenvalue weighted by molar-refractivity contribution is 6.15. The van der Waals surface area contributed by atoms with Crippen molar-refractivity contribution < 1.29 is 30.3 Å². The van der Waals surface area contributed by atoms with Crippen molar-refractivity contribution in [3.63, 3.8) is 0 Å². The summed E-state index contributed by atoms with van der Waals surface area (Å²) in [5.41, 5.74) is -0.964. The van der Waals surface area contributed by atoms with Gasteiger partial charge in [0.25, 0.3) is 0 Å². The van der Waals surface area contributed by atoms with E-state index < -0.39 is 45.7 Å². The lowest BCUT2D eigenvalue weighted by molar-refractivity contribution is 0.102. The first-order chi connectivity index (χ1) is 8.91. The third-order valence-corrected chi connectivity index (χ3v) is 2.56. The minimum Gasteiger partial charge on any atom is -0.508 e. The van der Waals surface area contributed by atoms with Crippen LogP contribution in [0.3, 0.4) is 0 Å². The number of rotatable bonds is 2. The third kappa shape index (κ3) is 2.11. The molecule has 0 spiro atoms. The van der Waals surface area contributed by atoms with Gasteiger partial charge in [-0.25, -0.2) is 0 Å². The van der Waals surface area contributed by atoms with Crippen molar-refractivity contribution >= 4 is 5.78 Å². The highest BCUT2D eigenvalue weighted by Gasteiger charge is 2.24. The van der Waals surface area contributed by atoms with E-state index in [1.165, 1.54) is 18.2 Å². The maximum Gasteiger partial charge on any atom is 0.207 e. The van der Waals surface area contributed by atoms with Gasteiger partial charge >= 0.3 is 0 Å². The molecule has 0 bridgehead atoms. The van der Waals surface area contributed by atoms with Gasteiger partial charge in [-0.2, -0.15) is 0 Å². The van der Waals surface area contributed by atoms with Crippen molar-refractivity contribution in [3.05, 3.63) is 41.5 Å². The fourth-order valence-corrected chi connectivity index (χ4v) is 1.72. The Morgan fingerprint density at radius 3 is 1.63 bits per heavy atom. The normalized spacial score (nSPS) is 10.3. The van der Waals surface area contributed by atoms with E-state index in [0.29, 0.717) is 0 Å². The van der Waals surface area contributed by atoms with E-state index in [2.05, 4.69) is 0 Å². The van der Waals surface area contributed by atoms with E-state index >= 15 is 0 Å². The number of aromatic hydroxyl groups is 5. The molecule has 98 valence electrons. The van der Waals surface area contributed by atoms with Gasteiger partial charge in [0.1, 0.15) is 39.9 Å². The maximum absolute atomic E-state index is 12.1. The van der Waals surface area contributed by atoms with Gasteiger partial charge in [-0.15, -0.1) is 0 Å². The van der Waals surface area contributed by atoms with Crippen molar-refractivity contribution in [3.8, 4) is 28.7 Å². The molecule has 0 aliphatic heterocycles. The summed E-state index contributed by atoms with van der Waals surface area (Å²) in [7, 11) is 0. The zero-order chi connectivity index (χ0) is 14.2. The summed E-state index contributed by atoms with van der Waals surface area (Å²) in [6.45, 7) is 0. The van der Waals surface area contributed by atoms with Crippen LogP contribution in [0.5, 0.6) is 28.7 Å². The lowest BCUT2D eigenvalue weighted by Crippen LogP contribution is -2.03. The van der Waals surface area contributed by atoms with Crippen LogP contribution in [0.15, 0.2) is 30.3 Å². The van der Waals surface area contributed by atoms with Gasteiger partial charge in [0.15, 0.2) is 0 Å².